The van der Waals surface area contributed by atoms with E-state index >= 15 is 0 Å². The number of carbonyl (C=O) groups is 9. The Morgan fingerprint density at radius 1 is 0.534 bits per heavy atom. The minimum atomic E-state index is -0.322. The second-order valence-electron chi connectivity index (χ2n) is 47.4. The van der Waals surface area contributed by atoms with Gasteiger partial charge in [0.25, 0.3) is 0 Å². The molecule has 26 atom stereocenters. The Balaban J connectivity index is 0.000000337. The standard InChI is InChI=1S/C12H22N2O.C12H21NO.C11H21NO2.C11H24NO.C11H21N.C11H22O.C10H18O2.C9H17N3O.2C8H16N2O.C8H14OS.C7H12O2S.ClH/c1-5-7-8-9-11(3,4)12(6-2,14-8)10(15)13-9;1-4-6-9-7-12(3)8-10(9)13(5-2)11(12)14;1-4-6-10-8-11(13)12(7-5-2)9(3)14-10;1-5-7-11-8-10(6-2)12(3,4)9-13-11;1-9-3-5-12-6-4-10(2)8-11(12)7-9;1-5-7-10-8-9(6-2)11(3,4)12-10;1-3-5-10-7-8(11)6-9(4-2)12-10;1-3-5-7-8-6-12(4-2,11-7)9(13)10-8;1-3-7-5-9-8(11)10(4-2)6-7;1-3-6-5-9-8(11)7(4-2)10-6;1-3-6-5-7(9)8(4-2)10-6;1-3-5-7(8)9-6(4-2)10-5;/h8-9,14H,5-7H2,1-4H3,(H,13,15);2*9-10H,4-8H2,1-3H3;10-11H,5-9H2,1-4H3;9-11H,3-8H2,1-2H3;9-10H,5-8H2,1-4H3;9-10H,3-7H2,1-2H3;7-8,11H,3-6H2,1-2H3;7H,3-6H2,1-2H3,(H,9,11);6-7,10H,3-5H2,1-2H3,(H,9,11);6,8H,3-5H2,1-2H3;5-6H,3-4H2,1-2H3;1H/q;;;+1;;;;;;;;;. The van der Waals surface area contributed by atoms with Crippen LogP contribution in [0.15, 0.2) is 0 Å². The predicted octanol–water partition coefficient (Wildman–Crippen LogP) is 19.6. The molecule has 1 saturated carbocycles. The first-order chi connectivity index (χ1) is 69.8. The number of fused-ring (bicyclic) bond motifs is 7. The molecule has 0 aromatic heterocycles. The number of carbonyl (C=O) groups excluding carboxylic acids is 9. The Labute approximate surface area is 918 Å². The number of hydrogen-bond acceptors (Lipinski definition) is 20. The average Bonchev–Trinajstić information content (AvgIpc) is 1.54. The molecule has 148 heavy (non-hydrogen) atoms. The summed E-state index contributed by atoms with van der Waals surface area (Å²) < 4.78 is 29.9. The van der Waals surface area contributed by atoms with Crippen molar-refractivity contribution in [2.24, 2.45) is 40.4 Å². The van der Waals surface area contributed by atoms with Crippen molar-refractivity contribution in [2.45, 2.75) is 575 Å². The van der Waals surface area contributed by atoms with Crippen molar-refractivity contribution < 1.29 is 88.3 Å². The second-order valence-corrected chi connectivity index (χ2v) is 50.3. The van der Waals surface area contributed by atoms with E-state index in [0.717, 1.165) is 221 Å². The van der Waals surface area contributed by atoms with Gasteiger partial charge in [-0.2, -0.15) is 10.0 Å². The molecule has 7 N–H and O–H groups in total. The summed E-state index contributed by atoms with van der Waals surface area (Å²) in [5, 5.41) is 19.9. The van der Waals surface area contributed by atoms with Crippen LogP contribution in [0.1, 0.15) is 452 Å². The highest BCUT2D eigenvalue weighted by Crippen LogP contribution is 2.53. The SMILES string of the molecule is CC1CCN2CCC(C)CC2C1.CCC1CC(=O)C(CC)S1.CCC1CNC(=O)C(CC)N1.CCC1CNC(=O)N(CC)C1.CCC1OC(=O)C(CC)S1.CCCC1CC(=O)CC(CC)O1.CCCC1CC(=O)N(CCC)C(C)O1.CCCC1CC(CC)C(C)(C)O1.CCCC1CC(CC)[N+](C)(C)CO1.CCCC1CC2(C)CC1N(CC)C2=O.CCCC1NC2(CC)C(=O)NC1C2(C)C.CCCC1N[N+]2(CC)CC1NC2=O.[Cl-]. The van der Waals surface area contributed by atoms with E-state index < -0.39 is 0 Å². The van der Waals surface area contributed by atoms with Crippen LogP contribution in [-0.4, -0.2) is 292 Å². The van der Waals surface area contributed by atoms with Crippen LogP contribution in [0.5, 0.6) is 0 Å². The van der Waals surface area contributed by atoms with Gasteiger partial charge in [-0.05, 0) is 245 Å². The maximum absolute atomic E-state index is 12.0. The lowest BCUT2D eigenvalue weighted by atomic mass is 9.72. The molecule has 0 aromatic rings. The number of likely N-dealkylation sites (tertiary alicyclic amines) is 1. The number of cyclic esters (lactones) is 1. The maximum atomic E-state index is 12.0. The van der Waals surface area contributed by atoms with Crippen molar-refractivity contribution in [3.63, 3.8) is 0 Å². The smallest absolute Gasteiger partial charge is 0.436 e. The summed E-state index contributed by atoms with van der Waals surface area (Å²) in [6.45, 7) is 75.3. The number of piperazine rings is 2. The quantitative estimate of drug-likeness (QED) is 0.0260. The van der Waals surface area contributed by atoms with Gasteiger partial charge in [0.15, 0.2) is 6.73 Å². The van der Waals surface area contributed by atoms with E-state index in [2.05, 4.69) is 234 Å². The summed E-state index contributed by atoms with van der Waals surface area (Å²) in [7, 11) is 4.55. The zero-order valence-corrected chi connectivity index (χ0v) is 102. The number of rotatable bonds is 30. The molecule has 0 radical (unpaired) electrons. The van der Waals surface area contributed by atoms with Crippen molar-refractivity contribution in [1.82, 2.24) is 56.9 Å². The first kappa shape index (κ1) is 136. The van der Waals surface area contributed by atoms with Crippen molar-refractivity contribution in [1.29, 1.82) is 0 Å². The zero-order valence-electron chi connectivity index (χ0n) is 100. The van der Waals surface area contributed by atoms with Crippen molar-refractivity contribution >= 4 is 76.8 Å². The molecule has 15 heterocycles. The van der Waals surface area contributed by atoms with E-state index in [0.29, 0.717) is 106 Å². The van der Waals surface area contributed by atoms with Crippen LogP contribution >= 0.6 is 23.5 Å². The Morgan fingerprint density at radius 2 is 1.14 bits per heavy atom. The number of urea groups is 2. The van der Waals surface area contributed by atoms with Crippen LogP contribution in [0.3, 0.4) is 0 Å². The average molecular weight is 2150 g/mol. The van der Waals surface area contributed by atoms with E-state index in [-0.39, 0.29) is 111 Å². The van der Waals surface area contributed by atoms with Crippen LogP contribution < -0.4 is 49.7 Å². The number of nitrogens with zero attached hydrogens (tertiary/aromatic N) is 6. The molecule has 30 heteroatoms. The van der Waals surface area contributed by atoms with Crippen molar-refractivity contribution in [3.8, 4) is 0 Å². The molecule has 15 aliphatic heterocycles. The van der Waals surface area contributed by atoms with Crippen molar-refractivity contribution in [2.75, 3.05) is 86.3 Å². The minimum absolute atomic E-state index is 0. The van der Waals surface area contributed by atoms with Gasteiger partial charge in [-0.1, -0.05) is 218 Å². The van der Waals surface area contributed by atoms with Gasteiger partial charge < -0.3 is 81.4 Å². The van der Waals surface area contributed by atoms with Gasteiger partial charge in [0.05, 0.1) is 86.1 Å². The summed E-state index contributed by atoms with van der Waals surface area (Å²) in [6.07, 6.45) is 43.6. The van der Waals surface area contributed by atoms with E-state index in [1.54, 1.807) is 11.8 Å². The predicted molar refractivity (Wildman–Crippen MR) is 607 cm³/mol. The summed E-state index contributed by atoms with van der Waals surface area (Å²) in [4.78, 5) is 111. The van der Waals surface area contributed by atoms with Crippen LogP contribution in [-0.2, 0) is 57.2 Å². The van der Waals surface area contributed by atoms with Crippen LogP contribution in [0.4, 0.5) is 9.59 Å². The number of likely N-dealkylation sites (N-methyl/N-ethyl adjacent to an activating group) is 1. The van der Waals surface area contributed by atoms with Gasteiger partial charge in [-0.15, -0.1) is 23.5 Å². The number of hydrogen-bond donors (Lipinski definition) is 7. The molecule has 864 valence electrons. The molecule has 0 aromatic carbocycles. The fourth-order valence-electron chi connectivity index (χ4n) is 25.4. The molecular formula is C118H225ClN13O14S2+. The fraction of sp³-hybridized carbons (Fsp3) is 0.924. The molecule has 16 fully saturated rings. The highest BCUT2D eigenvalue weighted by Gasteiger charge is 2.67. The number of thioether (sulfide) groups is 2. The molecule has 6 bridgehead atoms. The molecule has 0 spiro atoms. The third kappa shape index (κ3) is 39.6. The number of Topliss-reactive ketones (excluding diaryl/α,β-unsaturated/α-hetero) is 2. The van der Waals surface area contributed by atoms with Gasteiger partial charge >= 0.3 is 18.0 Å². The number of ether oxygens (including phenoxy) is 5. The van der Waals surface area contributed by atoms with Gasteiger partial charge in [-0.3, -0.25) is 44.2 Å². The lowest BCUT2D eigenvalue weighted by Gasteiger charge is -2.43. The normalized spacial score (nSPS) is 34.9. The molecular weight excluding hydrogens is 1920 g/mol. The number of nitrogens with one attached hydrogen (secondary N) is 7. The van der Waals surface area contributed by atoms with E-state index in [1.165, 1.54) is 116 Å². The summed E-state index contributed by atoms with van der Waals surface area (Å²) in [5.74, 6) is 6.01. The van der Waals surface area contributed by atoms with Gasteiger partial charge in [0.1, 0.15) is 53.2 Å². The number of quaternary nitrogens is 2. The number of piperidine rings is 3. The van der Waals surface area contributed by atoms with E-state index in [4.69, 9.17) is 23.7 Å². The van der Waals surface area contributed by atoms with E-state index in [1.807, 2.05) is 56.2 Å². The molecule has 15 saturated heterocycles. The minimum Gasteiger partial charge on any atom is -1.00 e. The van der Waals surface area contributed by atoms with Crippen LogP contribution in [0.2, 0.25) is 0 Å². The van der Waals surface area contributed by atoms with Gasteiger partial charge in [0.2, 0.25) is 23.6 Å². The number of esters is 1. The molecule has 16 rings (SSSR count). The molecule has 1 aliphatic carbocycles. The molecule has 8 amide bonds. The first-order valence-electron chi connectivity index (χ1n) is 60.3. The number of halogens is 1. The molecule has 26 unspecified atom stereocenters. The second kappa shape index (κ2) is 68.0. The summed E-state index contributed by atoms with van der Waals surface area (Å²) in [5.41, 5.74) is 3.40. The van der Waals surface area contributed by atoms with Crippen molar-refractivity contribution in [3.05, 3.63) is 0 Å². The first-order valence-corrected chi connectivity index (χ1v) is 62.2. The van der Waals surface area contributed by atoms with Gasteiger partial charge in [0, 0.05) is 105 Å². The Kier molecular flexibility index (Phi) is 62.6. The largest absolute Gasteiger partial charge is 1.00 e. The number of amides is 8. The maximum Gasteiger partial charge on any atom is 0.436 e. The highest BCUT2D eigenvalue weighted by molar-refractivity contribution is 8.01. The lowest BCUT2D eigenvalue weighted by Crippen LogP contribution is -3.00. The lowest BCUT2D eigenvalue weighted by molar-refractivity contribution is -0.943. The number of ketones is 2. The van der Waals surface area contributed by atoms with Crippen LogP contribution in [0.25, 0.3) is 0 Å². The topological polar surface area (TPSA) is 297 Å². The summed E-state index contributed by atoms with van der Waals surface area (Å²) in [6, 6.07) is 4.69. The molecule has 16 aliphatic rings. The highest BCUT2D eigenvalue weighted by atomic mass is 35.5. The Morgan fingerprint density at radius 3 is 1.61 bits per heavy atom. The third-order valence-corrected chi connectivity index (χ3v) is 38.2. The van der Waals surface area contributed by atoms with Gasteiger partial charge in [-0.25, -0.2) is 9.59 Å². The Bertz CT molecular complexity index is 3760. The van der Waals surface area contributed by atoms with E-state index in [9.17, 15) is 43.2 Å². The fourth-order valence-corrected chi connectivity index (χ4v) is 27.8. The summed E-state index contributed by atoms with van der Waals surface area (Å²) >= 11 is 3.52. The zero-order chi connectivity index (χ0) is 110. The van der Waals surface area contributed by atoms with Crippen LogP contribution in [0, 0.1) is 40.4 Å². The third-order valence-electron chi connectivity index (χ3n) is 34.8. The Hall–Kier alpha value is -3.98. The molecule has 27 nitrogen and oxygen atoms in total. The monoisotopic (exact) mass is 2150 g/mol.